The Labute approximate surface area is 112 Å². The lowest BCUT2D eigenvalue weighted by atomic mass is 10.4. The summed E-state index contributed by atoms with van der Waals surface area (Å²) in [7, 11) is -4.43. The van der Waals surface area contributed by atoms with E-state index in [1.165, 1.54) is 18.1 Å². The summed E-state index contributed by atoms with van der Waals surface area (Å²) in [5.41, 5.74) is 0. The second-order valence-corrected chi connectivity index (χ2v) is 12.7. The van der Waals surface area contributed by atoms with E-state index in [4.69, 9.17) is 0 Å². The van der Waals surface area contributed by atoms with Gasteiger partial charge in [-0.2, -0.15) is 0 Å². The molecule has 0 aromatic heterocycles. The standard InChI is InChI=1S/C14H24O2SSi/c1-4-18(5-2,6-3)13-12-17(15,16)14-10-8-7-9-11-14/h7-11H,4-6,12-13H2,1-3H3. The average Bonchev–Trinajstić information content (AvgIpc) is 2.42. The lowest BCUT2D eigenvalue weighted by molar-refractivity contribution is 0.597. The van der Waals surface area contributed by atoms with Gasteiger partial charge in [0.15, 0.2) is 9.84 Å². The van der Waals surface area contributed by atoms with Crippen LogP contribution in [0.4, 0.5) is 0 Å². The first-order valence-electron chi connectivity index (χ1n) is 6.77. The zero-order valence-electron chi connectivity index (χ0n) is 11.6. The van der Waals surface area contributed by atoms with Gasteiger partial charge in [0, 0.05) is 0 Å². The molecule has 2 nitrogen and oxygen atoms in total. The first-order valence-corrected chi connectivity index (χ1v) is 11.3. The molecule has 0 heterocycles. The molecule has 0 unspecified atom stereocenters. The van der Waals surface area contributed by atoms with Crippen molar-refractivity contribution in [3.63, 3.8) is 0 Å². The summed E-state index contributed by atoms with van der Waals surface area (Å²) in [5.74, 6) is 0.318. The van der Waals surface area contributed by atoms with Gasteiger partial charge in [-0.3, -0.25) is 0 Å². The molecule has 0 saturated heterocycles. The zero-order chi connectivity index (χ0) is 13.6. The largest absolute Gasteiger partial charge is 0.224 e. The molecule has 0 aliphatic carbocycles. The van der Waals surface area contributed by atoms with Crippen molar-refractivity contribution in [2.45, 2.75) is 49.8 Å². The van der Waals surface area contributed by atoms with E-state index in [0.29, 0.717) is 10.6 Å². The van der Waals surface area contributed by atoms with Crippen molar-refractivity contribution in [1.29, 1.82) is 0 Å². The van der Waals surface area contributed by atoms with Gasteiger partial charge in [-0.25, -0.2) is 8.42 Å². The summed E-state index contributed by atoms with van der Waals surface area (Å²) in [6, 6.07) is 13.3. The first-order chi connectivity index (χ1) is 8.49. The molecule has 0 fully saturated rings. The molecular formula is C14H24O2SSi. The van der Waals surface area contributed by atoms with Gasteiger partial charge in [-0.1, -0.05) is 57.1 Å². The van der Waals surface area contributed by atoms with Crippen LogP contribution in [0.3, 0.4) is 0 Å². The van der Waals surface area contributed by atoms with Crippen LogP contribution in [0.15, 0.2) is 35.2 Å². The molecule has 0 radical (unpaired) electrons. The van der Waals surface area contributed by atoms with Crippen molar-refractivity contribution >= 4 is 17.9 Å². The van der Waals surface area contributed by atoms with Crippen LogP contribution in [-0.2, 0) is 9.84 Å². The van der Waals surface area contributed by atoms with Gasteiger partial charge in [-0.05, 0) is 18.2 Å². The zero-order valence-corrected chi connectivity index (χ0v) is 13.5. The summed E-state index contributed by atoms with van der Waals surface area (Å²) in [5, 5.41) is 0. The minimum Gasteiger partial charge on any atom is -0.224 e. The highest BCUT2D eigenvalue weighted by Gasteiger charge is 2.29. The number of benzene rings is 1. The Balaban J connectivity index is 2.79. The second kappa shape index (κ2) is 6.52. The van der Waals surface area contributed by atoms with Crippen molar-refractivity contribution in [3.8, 4) is 0 Å². The van der Waals surface area contributed by atoms with Crippen molar-refractivity contribution in [3.05, 3.63) is 30.3 Å². The fraction of sp³-hybridized carbons (Fsp3) is 0.571. The smallest absolute Gasteiger partial charge is 0.178 e. The Morgan fingerprint density at radius 2 is 1.44 bits per heavy atom. The molecule has 0 atom stereocenters. The first kappa shape index (κ1) is 15.4. The van der Waals surface area contributed by atoms with Crippen LogP contribution < -0.4 is 0 Å². The molecule has 4 heteroatoms. The van der Waals surface area contributed by atoms with Crippen LogP contribution in [-0.4, -0.2) is 22.2 Å². The normalized spacial score (nSPS) is 12.6. The summed E-state index contributed by atoms with van der Waals surface area (Å²) in [6.45, 7) is 6.65. The molecule has 0 N–H and O–H groups in total. The van der Waals surface area contributed by atoms with Crippen LogP contribution in [0.5, 0.6) is 0 Å². The van der Waals surface area contributed by atoms with Gasteiger partial charge in [0.05, 0.1) is 18.7 Å². The predicted molar refractivity (Wildman–Crippen MR) is 80.5 cm³/mol. The number of sulfone groups is 1. The Morgan fingerprint density at radius 3 is 1.89 bits per heavy atom. The maximum Gasteiger partial charge on any atom is 0.178 e. The highest BCUT2D eigenvalue weighted by atomic mass is 32.2. The fourth-order valence-corrected chi connectivity index (χ4v) is 8.55. The fourth-order valence-electron chi connectivity index (χ4n) is 2.38. The van der Waals surface area contributed by atoms with Gasteiger partial charge in [-0.15, -0.1) is 0 Å². The van der Waals surface area contributed by atoms with Crippen molar-refractivity contribution in [1.82, 2.24) is 0 Å². The highest BCUT2D eigenvalue weighted by molar-refractivity contribution is 7.91. The Hall–Kier alpha value is -0.613. The van der Waals surface area contributed by atoms with Crippen LogP contribution in [0, 0.1) is 0 Å². The molecule has 0 spiro atoms. The van der Waals surface area contributed by atoms with Gasteiger partial charge in [0.1, 0.15) is 0 Å². The summed E-state index contributed by atoms with van der Waals surface area (Å²) < 4.78 is 24.5. The lowest BCUT2D eigenvalue weighted by Crippen LogP contribution is -2.33. The second-order valence-electron chi connectivity index (χ2n) is 4.94. The van der Waals surface area contributed by atoms with Crippen molar-refractivity contribution in [2.24, 2.45) is 0 Å². The van der Waals surface area contributed by atoms with E-state index >= 15 is 0 Å². The van der Waals surface area contributed by atoms with Crippen molar-refractivity contribution in [2.75, 3.05) is 5.75 Å². The van der Waals surface area contributed by atoms with E-state index in [2.05, 4.69) is 20.8 Å². The van der Waals surface area contributed by atoms with Crippen LogP contribution in [0.25, 0.3) is 0 Å². The van der Waals surface area contributed by atoms with E-state index in [1.807, 2.05) is 6.07 Å². The third kappa shape index (κ3) is 3.69. The van der Waals surface area contributed by atoms with E-state index in [-0.39, 0.29) is 0 Å². The number of rotatable bonds is 7. The van der Waals surface area contributed by atoms with Crippen molar-refractivity contribution < 1.29 is 8.42 Å². The minimum absolute atomic E-state index is 0.318. The van der Waals surface area contributed by atoms with E-state index in [0.717, 1.165) is 6.04 Å². The summed E-state index contributed by atoms with van der Waals surface area (Å²) >= 11 is 0. The summed E-state index contributed by atoms with van der Waals surface area (Å²) in [4.78, 5) is 0.469. The maximum atomic E-state index is 12.2. The van der Waals surface area contributed by atoms with Crippen LogP contribution in [0.1, 0.15) is 20.8 Å². The van der Waals surface area contributed by atoms with E-state index in [9.17, 15) is 8.42 Å². The molecule has 0 aliphatic heterocycles. The molecule has 102 valence electrons. The van der Waals surface area contributed by atoms with E-state index < -0.39 is 17.9 Å². The predicted octanol–water partition coefficient (Wildman–Crippen LogP) is 3.97. The monoisotopic (exact) mass is 284 g/mol. The molecule has 18 heavy (non-hydrogen) atoms. The van der Waals surface area contributed by atoms with Crippen LogP contribution >= 0.6 is 0 Å². The van der Waals surface area contributed by atoms with Gasteiger partial charge >= 0.3 is 0 Å². The van der Waals surface area contributed by atoms with Gasteiger partial charge in [0.2, 0.25) is 0 Å². The highest BCUT2D eigenvalue weighted by Crippen LogP contribution is 2.26. The third-order valence-electron chi connectivity index (χ3n) is 4.25. The quantitative estimate of drug-likeness (QED) is 0.710. The number of hydrogen-bond acceptors (Lipinski definition) is 2. The molecule has 0 amide bonds. The summed E-state index contributed by atoms with van der Waals surface area (Å²) in [6.07, 6.45) is 0. The Morgan fingerprint density at radius 1 is 0.944 bits per heavy atom. The minimum atomic E-state index is -3.09. The Bertz CT molecular complexity index is 442. The SMILES string of the molecule is CC[Si](CC)(CC)CCS(=O)(=O)c1ccccc1. The van der Waals surface area contributed by atoms with Gasteiger partial charge < -0.3 is 0 Å². The molecular weight excluding hydrogens is 260 g/mol. The average molecular weight is 284 g/mol. The lowest BCUT2D eigenvalue weighted by Gasteiger charge is -2.27. The van der Waals surface area contributed by atoms with E-state index in [1.54, 1.807) is 24.3 Å². The van der Waals surface area contributed by atoms with Crippen LogP contribution in [0.2, 0.25) is 24.2 Å². The molecule has 1 aromatic carbocycles. The Kier molecular flexibility index (Phi) is 5.60. The number of hydrogen-bond donors (Lipinski definition) is 0. The molecule has 1 rings (SSSR count). The molecule has 0 saturated carbocycles. The molecule has 0 aliphatic rings. The molecule has 0 bridgehead atoms. The van der Waals surface area contributed by atoms with Gasteiger partial charge in [0.25, 0.3) is 0 Å². The topological polar surface area (TPSA) is 34.1 Å². The third-order valence-corrected chi connectivity index (χ3v) is 12.2. The molecule has 1 aromatic rings. The maximum absolute atomic E-state index is 12.2.